The first-order chi connectivity index (χ1) is 27.0. The van der Waals surface area contributed by atoms with Gasteiger partial charge in [-0.15, -0.1) is 35.9 Å². The van der Waals surface area contributed by atoms with Crippen LogP contribution in [0.1, 0.15) is 42.1 Å². The molecule has 0 spiro atoms. The van der Waals surface area contributed by atoms with Crippen LogP contribution in [0.4, 0.5) is 0 Å². The summed E-state index contributed by atoms with van der Waals surface area (Å²) in [5, 5.41) is 2.10. The zero-order valence-electron chi connectivity index (χ0n) is 33.7. The van der Waals surface area contributed by atoms with Gasteiger partial charge in [0.05, 0.1) is 16.9 Å². The fourth-order valence-electron chi connectivity index (χ4n) is 7.63. The topological polar surface area (TPSA) is 56.7 Å². The largest absolute Gasteiger partial charge is 0 e. The van der Waals surface area contributed by atoms with Gasteiger partial charge in [-0.05, 0) is 60.4 Å². The van der Waals surface area contributed by atoms with Crippen molar-refractivity contribution < 1.29 is 24.5 Å². The van der Waals surface area contributed by atoms with E-state index >= 15 is 0 Å². The van der Waals surface area contributed by atoms with E-state index in [1.165, 1.54) is 37.9 Å². The first kappa shape index (κ1) is 40.1. The number of para-hydroxylation sites is 2. The van der Waals surface area contributed by atoms with Crippen LogP contribution in [0.5, 0.6) is 0 Å². The first-order valence-corrected chi connectivity index (χ1v) is 26.6. The number of aryl methyl sites for hydroxylation is 3. The van der Waals surface area contributed by atoms with Crippen molar-refractivity contribution in [2.24, 2.45) is 0 Å². The fraction of sp³-hybridized carbons (Fsp3) is 0.180. The van der Waals surface area contributed by atoms with Crippen molar-refractivity contribution in [1.29, 1.82) is 0 Å². The molecule has 0 amide bonds. The van der Waals surface area contributed by atoms with Crippen molar-refractivity contribution >= 4 is 50.8 Å². The van der Waals surface area contributed by atoms with Crippen molar-refractivity contribution in [2.75, 3.05) is 0 Å². The Morgan fingerprint density at radius 1 is 0.702 bits per heavy atom. The van der Waals surface area contributed by atoms with Gasteiger partial charge in [0.15, 0.2) is 0 Å². The monoisotopic (exact) mass is 985 g/mol. The van der Waals surface area contributed by atoms with Gasteiger partial charge in [-0.2, -0.15) is 0 Å². The van der Waals surface area contributed by atoms with E-state index in [2.05, 4.69) is 158 Å². The normalized spacial score (nSPS) is 11.5. The van der Waals surface area contributed by atoms with Gasteiger partial charge in [0, 0.05) is 25.8 Å². The number of pyridine rings is 2. The van der Waals surface area contributed by atoms with Gasteiger partial charge in [0.1, 0.15) is 0 Å². The summed E-state index contributed by atoms with van der Waals surface area (Å²) >= 11 is -1.96. The molecule has 0 aliphatic heterocycles. The minimum Gasteiger partial charge on any atom is 0 e. The Labute approximate surface area is 352 Å². The molecule has 0 saturated carbocycles. The predicted octanol–water partition coefficient (Wildman–Crippen LogP) is 12.6. The summed E-state index contributed by atoms with van der Waals surface area (Å²) in [6, 6.07) is 48.5. The van der Waals surface area contributed by atoms with Crippen molar-refractivity contribution in [3.05, 3.63) is 162 Å². The molecular formula is C50H46GeIrN4O-2. The van der Waals surface area contributed by atoms with Crippen molar-refractivity contribution in [3.8, 4) is 39.5 Å². The van der Waals surface area contributed by atoms with Crippen molar-refractivity contribution in [1.82, 2.24) is 19.5 Å². The average Bonchev–Trinajstić information content (AvgIpc) is 3.76. The molecule has 9 aromatic rings. The average molecular weight is 984 g/mol. The minimum absolute atomic E-state index is 0. The molecule has 7 heteroatoms. The molecule has 0 aliphatic rings. The molecule has 0 bridgehead atoms. The number of hydrogen-bond acceptors (Lipinski definition) is 4. The summed E-state index contributed by atoms with van der Waals surface area (Å²) in [5.74, 6) is 8.68. The maximum absolute atomic E-state index is 5.89. The van der Waals surface area contributed by atoms with Crippen molar-refractivity contribution in [3.63, 3.8) is 0 Å². The van der Waals surface area contributed by atoms with E-state index in [-0.39, 0.29) is 20.1 Å². The molecule has 9 rings (SSSR count). The second-order valence-electron chi connectivity index (χ2n) is 16.0. The third-order valence-electron chi connectivity index (χ3n) is 10.4. The number of imidazole rings is 1. The number of aromatic nitrogens is 4. The molecule has 4 aromatic heterocycles. The van der Waals surface area contributed by atoms with E-state index in [0.29, 0.717) is 11.6 Å². The second kappa shape index (κ2) is 16.4. The Bertz CT molecular complexity index is 2830. The molecule has 57 heavy (non-hydrogen) atoms. The van der Waals surface area contributed by atoms with Gasteiger partial charge in [-0.1, -0.05) is 42.5 Å². The van der Waals surface area contributed by atoms with Crippen LogP contribution in [-0.4, -0.2) is 32.8 Å². The minimum atomic E-state index is -1.96. The van der Waals surface area contributed by atoms with E-state index in [9.17, 15) is 0 Å². The van der Waals surface area contributed by atoms with Crippen LogP contribution in [0.3, 0.4) is 0 Å². The molecule has 287 valence electrons. The molecule has 0 atom stereocenters. The number of fused-ring (bicyclic) bond motifs is 4. The van der Waals surface area contributed by atoms with E-state index in [1.54, 1.807) is 0 Å². The van der Waals surface area contributed by atoms with Gasteiger partial charge >= 0.3 is 163 Å². The van der Waals surface area contributed by atoms with Crippen LogP contribution < -0.4 is 4.40 Å². The smallest absolute Gasteiger partial charge is 0 e. The predicted molar refractivity (Wildman–Crippen MR) is 236 cm³/mol. The number of benzene rings is 5. The molecule has 4 heterocycles. The standard InChI is InChI=1S/C27H21N2.C23H25GeN2O.Ir/c1-19-17-23(21-11-5-3-6-12-21)18-20(2)26(19)29-25-16-10-9-15-24(25)28-27(29)22-13-7-4-8-14-22;1-14(2)18-12-21(25-13-20(18)24(4,5)6)16-8-10-22-19(11-16)17-9-7-15(3)26-23(17)27-22;/h3-13,15-18H,1-2H3;7,9-14H,1-6H3;/q2*-1;. The van der Waals surface area contributed by atoms with Crippen LogP contribution in [0.15, 0.2) is 132 Å². The van der Waals surface area contributed by atoms with Gasteiger partial charge in [-0.25, -0.2) is 0 Å². The maximum atomic E-state index is 5.89. The molecule has 0 N–H and O–H groups in total. The third kappa shape index (κ3) is 8.04. The molecule has 0 aliphatic carbocycles. The van der Waals surface area contributed by atoms with E-state index < -0.39 is 13.3 Å². The number of furan rings is 1. The molecule has 1 radical (unpaired) electrons. The Hall–Kier alpha value is -5.14. The van der Waals surface area contributed by atoms with Gasteiger partial charge in [0.25, 0.3) is 0 Å². The summed E-state index contributed by atoms with van der Waals surface area (Å²) in [5.41, 5.74) is 15.1. The molecule has 0 fully saturated rings. The quantitative estimate of drug-likeness (QED) is 0.123. The van der Waals surface area contributed by atoms with Crippen LogP contribution in [-0.2, 0) is 20.1 Å². The zero-order chi connectivity index (χ0) is 39.1. The SMILES string of the molecule is Cc1cc(-c2ccccc2)cc(C)c1-n1c(-c2[c-]cccc2)nc2ccccc21.Cc1ccc2c(n1)oc1c[c-]c(-c3cc(C(C)C)[c]([Ge]([CH3])([CH3])[CH3])cn3)cc12.[Ir]. The summed E-state index contributed by atoms with van der Waals surface area (Å²) in [7, 11) is 0. The number of rotatable bonds is 6. The van der Waals surface area contributed by atoms with Crippen molar-refractivity contribution in [2.45, 2.75) is 57.8 Å². The number of hydrogen-bond donors (Lipinski definition) is 0. The summed E-state index contributed by atoms with van der Waals surface area (Å²) < 4.78 is 9.66. The maximum Gasteiger partial charge on any atom is 0 e. The molecule has 0 unspecified atom stereocenters. The van der Waals surface area contributed by atoms with Crippen LogP contribution in [0, 0.1) is 32.9 Å². The Morgan fingerprint density at radius 2 is 1.42 bits per heavy atom. The molecular weight excluding hydrogens is 937 g/mol. The molecule has 5 aromatic carbocycles. The van der Waals surface area contributed by atoms with E-state index in [4.69, 9.17) is 14.4 Å². The fourth-order valence-corrected chi connectivity index (χ4v) is 11.2. The summed E-state index contributed by atoms with van der Waals surface area (Å²) in [6.45, 7) is 10.9. The Balaban J connectivity index is 0.000000172. The second-order valence-corrected chi connectivity index (χ2v) is 26.5. The zero-order valence-corrected chi connectivity index (χ0v) is 38.2. The third-order valence-corrected chi connectivity index (χ3v) is 14.7. The number of nitrogens with zero attached hydrogens (tertiary/aromatic N) is 4. The Morgan fingerprint density at radius 3 is 2.12 bits per heavy atom. The van der Waals surface area contributed by atoms with Crippen LogP contribution in [0.25, 0.3) is 72.6 Å². The summed E-state index contributed by atoms with van der Waals surface area (Å²) in [6.07, 6.45) is 2.11. The van der Waals surface area contributed by atoms with Crippen LogP contribution in [0.2, 0.25) is 17.3 Å². The molecule has 0 saturated heterocycles. The van der Waals surface area contributed by atoms with Gasteiger partial charge in [-0.3, -0.25) is 4.98 Å². The van der Waals surface area contributed by atoms with E-state index in [0.717, 1.165) is 55.7 Å². The van der Waals surface area contributed by atoms with Gasteiger partial charge in [0.2, 0.25) is 0 Å². The first-order valence-electron chi connectivity index (χ1n) is 19.3. The van der Waals surface area contributed by atoms with Gasteiger partial charge < -0.3 is 4.57 Å². The van der Waals surface area contributed by atoms with Crippen LogP contribution >= 0.6 is 0 Å². The molecule has 5 nitrogen and oxygen atoms in total. The van der Waals surface area contributed by atoms with E-state index in [1.807, 2.05) is 43.3 Å². The Kier molecular flexibility index (Phi) is 11.5. The summed E-state index contributed by atoms with van der Waals surface area (Å²) in [4.78, 5) is 14.3.